The highest BCUT2D eigenvalue weighted by atomic mass is 16.6. The van der Waals surface area contributed by atoms with Gasteiger partial charge in [-0.15, -0.1) is 0 Å². The number of nitro groups is 1. The van der Waals surface area contributed by atoms with Gasteiger partial charge in [-0.25, -0.2) is 15.0 Å². The number of carbonyl (C=O) groups excluding carboxylic acids is 1. The molecule has 2 heterocycles. The van der Waals surface area contributed by atoms with E-state index in [4.69, 9.17) is 9.47 Å². The first-order valence-corrected chi connectivity index (χ1v) is 7.98. The first-order valence-electron chi connectivity index (χ1n) is 7.98. The second kappa shape index (κ2) is 7.70. The highest BCUT2D eigenvalue weighted by Crippen LogP contribution is 2.34. The van der Waals surface area contributed by atoms with Crippen molar-refractivity contribution < 1.29 is 19.2 Å². The number of rotatable bonds is 6. The van der Waals surface area contributed by atoms with Crippen LogP contribution in [0.1, 0.15) is 16.2 Å². The lowest BCUT2D eigenvalue weighted by Gasteiger charge is -2.11. The fraction of sp³-hybridized carbons (Fsp3) is 0.176. The van der Waals surface area contributed by atoms with E-state index in [-0.39, 0.29) is 22.9 Å². The molecule has 0 radical (unpaired) electrons. The molecule has 0 saturated carbocycles. The number of ether oxygens (including phenoxy) is 2. The van der Waals surface area contributed by atoms with E-state index < -0.39 is 16.5 Å². The third kappa shape index (κ3) is 3.58. The summed E-state index contributed by atoms with van der Waals surface area (Å²) < 4.78 is 11.9. The second-order valence-electron chi connectivity index (χ2n) is 5.54. The predicted octanol–water partition coefficient (Wildman–Crippen LogP) is 2.15. The van der Waals surface area contributed by atoms with E-state index in [0.717, 1.165) is 6.07 Å². The normalized spacial score (nSPS) is 10.4. The van der Waals surface area contributed by atoms with Crippen LogP contribution in [-0.4, -0.2) is 44.6 Å². The Kier molecular flexibility index (Phi) is 5.16. The molecule has 0 atom stereocenters. The van der Waals surface area contributed by atoms with Gasteiger partial charge in [0, 0.05) is 24.5 Å². The van der Waals surface area contributed by atoms with Crippen LogP contribution in [0.2, 0.25) is 0 Å². The number of hydrogen-bond acceptors (Lipinski definition) is 8. The lowest BCUT2D eigenvalue weighted by Crippen LogP contribution is -2.16. The molecule has 0 spiro atoms. The van der Waals surface area contributed by atoms with Gasteiger partial charge in [0.1, 0.15) is 29.4 Å². The average molecular weight is 384 g/mol. The van der Waals surface area contributed by atoms with E-state index >= 15 is 0 Å². The molecule has 0 bridgehead atoms. The Hall–Kier alpha value is -4.02. The summed E-state index contributed by atoms with van der Waals surface area (Å²) in [5.41, 5.74) is -0.614. The summed E-state index contributed by atoms with van der Waals surface area (Å²) in [7, 11) is 2.72. The molecule has 0 fully saturated rings. The van der Waals surface area contributed by atoms with Gasteiger partial charge in [-0.2, -0.15) is 0 Å². The molecule has 11 nitrogen and oxygen atoms in total. The van der Waals surface area contributed by atoms with Crippen LogP contribution in [0.25, 0.3) is 5.82 Å². The lowest BCUT2D eigenvalue weighted by atomic mass is 10.1. The van der Waals surface area contributed by atoms with Crippen LogP contribution in [0.3, 0.4) is 0 Å². The molecule has 0 saturated heterocycles. The maximum Gasteiger partial charge on any atom is 0.286 e. The number of imidazole rings is 1. The number of nitrogens with zero attached hydrogens (tertiary/aromatic N) is 5. The summed E-state index contributed by atoms with van der Waals surface area (Å²) in [6.07, 6.45) is 4.60. The summed E-state index contributed by atoms with van der Waals surface area (Å²) in [6, 6.07) is 3.90. The molecule has 1 N–H and O–H groups in total. The number of aromatic nitrogens is 4. The monoisotopic (exact) mass is 384 g/mol. The molecule has 1 aromatic carbocycles. The van der Waals surface area contributed by atoms with Crippen LogP contribution < -0.4 is 14.8 Å². The van der Waals surface area contributed by atoms with E-state index in [1.165, 1.54) is 32.7 Å². The number of benzene rings is 1. The van der Waals surface area contributed by atoms with E-state index in [9.17, 15) is 14.9 Å². The van der Waals surface area contributed by atoms with Crippen molar-refractivity contribution in [2.75, 3.05) is 19.5 Å². The van der Waals surface area contributed by atoms with Crippen LogP contribution in [0.5, 0.6) is 11.5 Å². The van der Waals surface area contributed by atoms with Crippen molar-refractivity contribution in [1.29, 1.82) is 0 Å². The molecule has 144 valence electrons. The number of amides is 1. The number of aryl methyl sites for hydroxylation is 1. The molecule has 0 unspecified atom stereocenters. The van der Waals surface area contributed by atoms with E-state index in [2.05, 4.69) is 20.3 Å². The molecule has 2 aromatic heterocycles. The fourth-order valence-electron chi connectivity index (χ4n) is 2.55. The Bertz CT molecular complexity index is 1050. The second-order valence-corrected chi connectivity index (χ2v) is 5.54. The minimum Gasteiger partial charge on any atom is -0.493 e. The topological polar surface area (TPSA) is 134 Å². The summed E-state index contributed by atoms with van der Waals surface area (Å²) in [5.74, 6) is 0.974. The van der Waals surface area contributed by atoms with E-state index in [1.54, 1.807) is 23.9 Å². The smallest absolute Gasteiger partial charge is 0.286 e. The SMILES string of the molecule is COc1cc(C(=O)Nc2cc(-n3ccnc3C)ncn2)c([N+](=O)[O-])cc1OC. The zero-order valence-corrected chi connectivity index (χ0v) is 15.2. The van der Waals surface area contributed by atoms with Crippen molar-refractivity contribution >= 4 is 17.4 Å². The number of hydrogen-bond donors (Lipinski definition) is 1. The van der Waals surface area contributed by atoms with Gasteiger partial charge in [0.05, 0.1) is 25.2 Å². The number of anilines is 1. The van der Waals surface area contributed by atoms with Gasteiger partial charge >= 0.3 is 0 Å². The zero-order valence-electron chi connectivity index (χ0n) is 15.2. The summed E-state index contributed by atoms with van der Waals surface area (Å²) in [4.78, 5) is 35.6. The van der Waals surface area contributed by atoms with E-state index in [0.29, 0.717) is 11.6 Å². The number of nitrogens with one attached hydrogen (secondary N) is 1. The average Bonchev–Trinajstić information content (AvgIpc) is 3.12. The van der Waals surface area contributed by atoms with Crippen LogP contribution in [0, 0.1) is 17.0 Å². The van der Waals surface area contributed by atoms with Gasteiger partial charge in [-0.1, -0.05) is 0 Å². The summed E-state index contributed by atoms with van der Waals surface area (Å²) in [5, 5.41) is 13.9. The fourth-order valence-corrected chi connectivity index (χ4v) is 2.55. The zero-order chi connectivity index (χ0) is 20.3. The predicted molar refractivity (Wildman–Crippen MR) is 98.0 cm³/mol. The third-order valence-electron chi connectivity index (χ3n) is 3.91. The number of carbonyl (C=O) groups is 1. The van der Waals surface area contributed by atoms with E-state index in [1.807, 2.05) is 0 Å². The lowest BCUT2D eigenvalue weighted by molar-refractivity contribution is -0.385. The van der Waals surface area contributed by atoms with Gasteiger partial charge < -0.3 is 14.8 Å². The highest BCUT2D eigenvalue weighted by molar-refractivity contribution is 6.07. The van der Waals surface area contributed by atoms with Gasteiger partial charge in [0.15, 0.2) is 11.5 Å². The molecule has 0 aliphatic heterocycles. The molecular weight excluding hydrogens is 368 g/mol. The van der Waals surface area contributed by atoms with Crippen LogP contribution in [-0.2, 0) is 0 Å². The molecule has 1 amide bonds. The Labute approximate surface area is 159 Å². The van der Waals surface area contributed by atoms with Crippen molar-refractivity contribution in [3.8, 4) is 17.3 Å². The molecule has 11 heteroatoms. The third-order valence-corrected chi connectivity index (χ3v) is 3.91. The van der Waals surface area contributed by atoms with Gasteiger partial charge in [0.25, 0.3) is 11.6 Å². The Morgan fingerprint density at radius 2 is 1.86 bits per heavy atom. The minimum atomic E-state index is -0.723. The molecule has 3 aromatic rings. The van der Waals surface area contributed by atoms with Crippen LogP contribution in [0.15, 0.2) is 36.9 Å². The first-order chi connectivity index (χ1) is 13.4. The molecule has 3 rings (SSSR count). The quantitative estimate of drug-likeness (QED) is 0.504. The maximum absolute atomic E-state index is 12.7. The van der Waals surface area contributed by atoms with Crippen molar-refractivity contribution in [2.24, 2.45) is 0 Å². The van der Waals surface area contributed by atoms with Gasteiger partial charge in [-0.3, -0.25) is 19.5 Å². The van der Waals surface area contributed by atoms with Crippen molar-refractivity contribution in [3.63, 3.8) is 0 Å². The Morgan fingerprint density at radius 1 is 1.14 bits per heavy atom. The van der Waals surface area contributed by atoms with Gasteiger partial charge in [0.2, 0.25) is 0 Å². The van der Waals surface area contributed by atoms with Crippen molar-refractivity contribution in [2.45, 2.75) is 6.92 Å². The van der Waals surface area contributed by atoms with Gasteiger partial charge in [-0.05, 0) is 6.92 Å². The van der Waals surface area contributed by atoms with Crippen molar-refractivity contribution in [1.82, 2.24) is 19.5 Å². The number of nitro benzene ring substituents is 1. The van der Waals surface area contributed by atoms with Crippen molar-refractivity contribution in [3.05, 3.63) is 58.4 Å². The van der Waals surface area contributed by atoms with Crippen LogP contribution in [0.4, 0.5) is 11.5 Å². The Balaban J connectivity index is 1.95. The molecule has 0 aliphatic carbocycles. The van der Waals surface area contributed by atoms with Crippen LogP contribution >= 0.6 is 0 Å². The highest BCUT2D eigenvalue weighted by Gasteiger charge is 2.25. The molecule has 28 heavy (non-hydrogen) atoms. The molecule has 0 aliphatic rings. The molecular formula is C17H16N6O5. The summed E-state index contributed by atoms with van der Waals surface area (Å²) >= 11 is 0. The Morgan fingerprint density at radius 3 is 2.46 bits per heavy atom. The standard InChI is InChI=1S/C17H16N6O5/c1-10-18-4-5-22(10)16-8-15(19-9-20-16)21-17(24)11-6-13(27-2)14(28-3)7-12(11)23(25)26/h4-9H,1-3H3,(H,19,20,21,24). The first kappa shape index (κ1) is 18.8. The minimum absolute atomic E-state index is 0.144. The maximum atomic E-state index is 12.7. The number of methoxy groups -OCH3 is 2. The largest absolute Gasteiger partial charge is 0.493 e. The summed E-state index contributed by atoms with van der Waals surface area (Å²) in [6.45, 7) is 1.80.